The number of aromatic nitrogens is 1. The Kier molecular flexibility index (Phi) is 5.26. The summed E-state index contributed by atoms with van der Waals surface area (Å²) < 4.78 is 10.8. The molecule has 1 amide bonds. The highest BCUT2D eigenvalue weighted by Crippen LogP contribution is 2.36. The maximum Gasteiger partial charge on any atom is 0.286 e. The van der Waals surface area contributed by atoms with E-state index in [1.165, 1.54) is 12.1 Å². The lowest BCUT2D eigenvalue weighted by Gasteiger charge is -2.18. The van der Waals surface area contributed by atoms with Crippen LogP contribution in [-0.2, 0) is 0 Å². The normalized spacial score (nSPS) is 11.7. The number of fused-ring (bicyclic) bond motifs is 1. The van der Waals surface area contributed by atoms with E-state index in [1.54, 1.807) is 42.6 Å². The highest BCUT2D eigenvalue weighted by atomic mass is 16.6. The average Bonchev–Trinajstić information content (AvgIpc) is 2.77. The molecule has 8 nitrogen and oxygen atoms in total. The summed E-state index contributed by atoms with van der Waals surface area (Å²) in [4.78, 5) is 27.7. The number of hydrogen-bond acceptors (Lipinski definition) is 6. The van der Waals surface area contributed by atoms with Gasteiger partial charge in [-0.05, 0) is 36.3 Å². The van der Waals surface area contributed by atoms with Gasteiger partial charge in [-0.3, -0.25) is 14.9 Å². The van der Waals surface area contributed by atoms with Crippen molar-refractivity contribution in [2.75, 3.05) is 18.5 Å². The number of ether oxygens (including phenoxy) is 2. The lowest BCUT2D eigenvalue weighted by molar-refractivity contribution is -0.385. The number of carbonyl (C=O) groups is 1. The Labute approximate surface area is 171 Å². The molecule has 0 fully saturated rings. The van der Waals surface area contributed by atoms with Crippen LogP contribution in [0.3, 0.4) is 0 Å². The van der Waals surface area contributed by atoms with Gasteiger partial charge in [0.25, 0.3) is 11.6 Å². The summed E-state index contributed by atoms with van der Waals surface area (Å²) in [6.07, 6.45) is 1.65. The molecular weight excluding hydrogens is 386 g/mol. The molecule has 0 saturated heterocycles. The van der Waals surface area contributed by atoms with Gasteiger partial charge in [0.15, 0.2) is 11.5 Å². The highest BCUT2D eigenvalue weighted by Gasteiger charge is 2.26. The molecule has 0 atom stereocenters. The summed E-state index contributed by atoms with van der Waals surface area (Å²) in [7, 11) is 0. The van der Waals surface area contributed by atoms with Crippen molar-refractivity contribution in [1.82, 2.24) is 4.98 Å². The standard InChI is InChI=1S/C22H15N3O5/c26-22(18-13-20-21(30-11-10-29-20)14-19(18)25(27)28)24-17-6-3-4-15(12-17)7-8-16-5-1-2-9-23-16/h1-6,9,12-14H,10-11H2,(H,24,26). The van der Waals surface area contributed by atoms with E-state index in [1.807, 2.05) is 6.07 Å². The Hall–Kier alpha value is -4.38. The number of anilines is 1. The minimum absolute atomic E-state index is 0.116. The number of carbonyl (C=O) groups excluding carboxylic acids is 1. The minimum atomic E-state index is -0.631. The monoisotopic (exact) mass is 401 g/mol. The SMILES string of the molecule is O=C(Nc1cccc(C#Cc2ccccn2)c1)c1cc2c(cc1[N+](=O)[O-])OCCO2. The van der Waals surface area contributed by atoms with Gasteiger partial charge in [-0.2, -0.15) is 0 Å². The second kappa shape index (κ2) is 8.32. The number of nitrogens with one attached hydrogen (secondary N) is 1. The minimum Gasteiger partial charge on any atom is -0.486 e. The number of hydrogen-bond donors (Lipinski definition) is 1. The summed E-state index contributed by atoms with van der Waals surface area (Å²) in [5.74, 6) is 5.83. The van der Waals surface area contributed by atoms with Gasteiger partial charge >= 0.3 is 0 Å². The molecule has 4 rings (SSSR count). The Morgan fingerprint density at radius 2 is 1.83 bits per heavy atom. The molecule has 2 heterocycles. The second-order valence-electron chi connectivity index (χ2n) is 6.27. The maximum absolute atomic E-state index is 12.8. The van der Waals surface area contributed by atoms with Crippen LogP contribution >= 0.6 is 0 Å². The van der Waals surface area contributed by atoms with E-state index in [0.717, 1.165) is 0 Å². The summed E-state index contributed by atoms with van der Waals surface area (Å²) in [6, 6.07) is 14.8. The van der Waals surface area contributed by atoms with Gasteiger partial charge in [0.1, 0.15) is 24.5 Å². The van der Waals surface area contributed by atoms with Crippen molar-refractivity contribution in [3.8, 4) is 23.3 Å². The largest absolute Gasteiger partial charge is 0.486 e. The molecule has 30 heavy (non-hydrogen) atoms. The van der Waals surface area contributed by atoms with Crippen LogP contribution in [0.5, 0.6) is 11.5 Å². The van der Waals surface area contributed by atoms with E-state index in [4.69, 9.17) is 9.47 Å². The van der Waals surface area contributed by atoms with Crippen LogP contribution in [-0.4, -0.2) is 29.0 Å². The zero-order chi connectivity index (χ0) is 20.9. The smallest absolute Gasteiger partial charge is 0.286 e. The van der Waals surface area contributed by atoms with Crippen molar-refractivity contribution in [3.63, 3.8) is 0 Å². The van der Waals surface area contributed by atoms with Crippen LogP contribution in [0.25, 0.3) is 0 Å². The molecule has 8 heteroatoms. The van der Waals surface area contributed by atoms with Gasteiger partial charge in [0, 0.05) is 23.5 Å². The molecule has 1 N–H and O–H groups in total. The molecule has 3 aromatic rings. The highest BCUT2D eigenvalue weighted by molar-refractivity contribution is 6.07. The number of nitrogens with zero attached hydrogens (tertiary/aromatic N) is 2. The zero-order valence-electron chi connectivity index (χ0n) is 15.6. The van der Waals surface area contributed by atoms with Crippen molar-refractivity contribution in [2.24, 2.45) is 0 Å². The summed E-state index contributed by atoms with van der Waals surface area (Å²) in [5, 5.41) is 14.1. The first-order chi connectivity index (χ1) is 14.6. The molecular formula is C22H15N3O5. The van der Waals surface area contributed by atoms with Gasteiger partial charge in [-0.15, -0.1) is 0 Å². The van der Waals surface area contributed by atoms with Gasteiger partial charge in [0.2, 0.25) is 0 Å². The van der Waals surface area contributed by atoms with Crippen molar-refractivity contribution < 1.29 is 19.2 Å². The molecule has 0 spiro atoms. The number of pyridine rings is 1. The van der Waals surface area contributed by atoms with Crippen molar-refractivity contribution in [1.29, 1.82) is 0 Å². The molecule has 2 aromatic carbocycles. The van der Waals surface area contributed by atoms with Crippen LogP contribution in [0.4, 0.5) is 11.4 Å². The number of benzene rings is 2. The van der Waals surface area contributed by atoms with Crippen molar-refractivity contribution in [2.45, 2.75) is 0 Å². The van der Waals surface area contributed by atoms with E-state index in [2.05, 4.69) is 22.1 Å². The van der Waals surface area contributed by atoms with Gasteiger partial charge < -0.3 is 14.8 Å². The molecule has 0 saturated carbocycles. The molecule has 0 aliphatic carbocycles. The summed E-state index contributed by atoms with van der Waals surface area (Å²) in [6.45, 7) is 0.602. The molecule has 1 aliphatic rings. The quantitative estimate of drug-likeness (QED) is 0.410. The van der Waals surface area contributed by atoms with Crippen LogP contribution in [0, 0.1) is 22.0 Å². The van der Waals surface area contributed by atoms with Crippen LogP contribution in [0.1, 0.15) is 21.6 Å². The van der Waals surface area contributed by atoms with E-state index in [0.29, 0.717) is 35.9 Å². The Bertz CT molecular complexity index is 1180. The topological polar surface area (TPSA) is 104 Å². The lowest BCUT2D eigenvalue weighted by Crippen LogP contribution is -2.18. The Balaban J connectivity index is 1.59. The number of nitro groups is 1. The fourth-order valence-corrected chi connectivity index (χ4v) is 2.86. The summed E-state index contributed by atoms with van der Waals surface area (Å²) >= 11 is 0. The molecule has 0 radical (unpaired) electrons. The molecule has 1 aromatic heterocycles. The number of rotatable bonds is 3. The molecule has 0 bridgehead atoms. The first-order valence-corrected chi connectivity index (χ1v) is 9.03. The van der Waals surface area contributed by atoms with Gasteiger partial charge in [-0.1, -0.05) is 18.1 Å². The van der Waals surface area contributed by atoms with E-state index in [9.17, 15) is 14.9 Å². The third-order valence-electron chi connectivity index (χ3n) is 4.22. The average molecular weight is 401 g/mol. The Morgan fingerprint density at radius 3 is 2.57 bits per heavy atom. The van der Waals surface area contributed by atoms with Crippen LogP contribution < -0.4 is 14.8 Å². The molecule has 148 valence electrons. The predicted molar refractivity (Wildman–Crippen MR) is 109 cm³/mol. The fraction of sp³-hybridized carbons (Fsp3) is 0.0909. The third kappa shape index (κ3) is 4.20. The lowest BCUT2D eigenvalue weighted by atomic mass is 10.1. The van der Waals surface area contributed by atoms with Crippen LogP contribution in [0.2, 0.25) is 0 Å². The van der Waals surface area contributed by atoms with Crippen molar-refractivity contribution in [3.05, 3.63) is 87.7 Å². The molecule has 1 aliphatic heterocycles. The maximum atomic E-state index is 12.8. The van der Waals surface area contributed by atoms with E-state index in [-0.39, 0.29) is 17.0 Å². The first kappa shape index (κ1) is 19.0. The van der Waals surface area contributed by atoms with Gasteiger partial charge in [0.05, 0.1) is 11.0 Å². The zero-order valence-corrected chi connectivity index (χ0v) is 15.6. The van der Waals surface area contributed by atoms with Gasteiger partial charge in [-0.25, -0.2) is 4.98 Å². The summed E-state index contributed by atoms with van der Waals surface area (Å²) in [5.41, 5.74) is 1.27. The Morgan fingerprint density at radius 1 is 1.03 bits per heavy atom. The first-order valence-electron chi connectivity index (χ1n) is 9.03. The van der Waals surface area contributed by atoms with E-state index >= 15 is 0 Å². The van der Waals surface area contributed by atoms with Crippen molar-refractivity contribution >= 4 is 17.3 Å². The molecule has 0 unspecified atom stereocenters. The number of amides is 1. The second-order valence-corrected chi connectivity index (χ2v) is 6.27. The third-order valence-corrected chi connectivity index (χ3v) is 4.22. The predicted octanol–water partition coefficient (Wildman–Crippen LogP) is 3.41. The number of nitro benzene ring substituents is 1. The van der Waals surface area contributed by atoms with Crippen LogP contribution in [0.15, 0.2) is 60.8 Å². The van der Waals surface area contributed by atoms with E-state index < -0.39 is 10.8 Å². The fourth-order valence-electron chi connectivity index (χ4n) is 2.86.